The highest BCUT2D eigenvalue weighted by molar-refractivity contribution is 6.30. The van der Waals surface area contributed by atoms with Crippen molar-refractivity contribution in [2.24, 2.45) is 0 Å². The molecule has 0 bridgehead atoms. The Hall–Kier alpha value is -1.55. The van der Waals surface area contributed by atoms with Gasteiger partial charge in [0, 0.05) is 29.2 Å². The predicted octanol–water partition coefficient (Wildman–Crippen LogP) is 4.24. The first-order chi connectivity index (χ1) is 11.7. The van der Waals surface area contributed by atoms with E-state index in [1.807, 2.05) is 18.2 Å². The molecule has 0 aliphatic carbocycles. The van der Waals surface area contributed by atoms with Crippen LogP contribution in [0, 0.1) is 6.92 Å². The zero-order valence-corrected chi connectivity index (χ0v) is 15.1. The smallest absolute Gasteiger partial charge is 0.123 e. The Bertz CT molecular complexity index is 689. The topological polar surface area (TPSA) is 33.3 Å². The number of hydrogen-bond acceptors (Lipinski definition) is 3. The summed E-state index contributed by atoms with van der Waals surface area (Å²) in [6.45, 7) is 3.96. The number of benzene rings is 2. The lowest BCUT2D eigenvalue weighted by Gasteiger charge is -2.34. The Morgan fingerprint density at radius 1 is 1.25 bits per heavy atom. The fourth-order valence-electron chi connectivity index (χ4n) is 3.45. The van der Waals surface area contributed by atoms with Gasteiger partial charge in [-0.25, -0.2) is 0 Å². The van der Waals surface area contributed by atoms with Gasteiger partial charge in [-0.05, 0) is 50.1 Å². The summed E-state index contributed by atoms with van der Waals surface area (Å²) in [5.41, 5.74) is 3.70. The molecule has 4 heteroatoms. The summed E-state index contributed by atoms with van der Waals surface area (Å²) in [7, 11) is 1.73. The van der Waals surface area contributed by atoms with E-state index in [-0.39, 0.29) is 6.04 Å². The molecule has 24 heavy (non-hydrogen) atoms. The van der Waals surface area contributed by atoms with Crippen molar-refractivity contribution in [1.29, 1.82) is 0 Å². The van der Waals surface area contributed by atoms with Crippen molar-refractivity contribution in [2.75, 3.05) is 13.7 Å². The molecule has 0 radical (unpaired) electrons. The summed E-state index contributed by atoms with van der Waals surface area (Å²) >= 11 is 6.18. The summed E-state index contributed by atoms with van der Waals surface area (Å²) in [4.78, 5) is 0. The molecular formula is C20H25ClN2O. The van der Waals surface area contributed by atoms with Gasteiger partial charge in [0.2, 0.25) is 0 Å². The molecule has 0 aromatic heterocycles. The molecule has 3 rings (SSSR count). The molecule has 1 aliphatic heterocycles. The first-order valence-corrected chi connectivity index (χ1v) is 8.91. The highest BCUT2D eigenvalue weighted by atomic mass is 35.5. The fraction of sp³-hybridized carbons (Fsp3) is 0.400. The van der Waals surface area contributed by atoms with E-state index in [9.17, 15) is 0 Å². The molecule has 2 aromatic rings. The van der Waals surface area contributed by atoms with Gasteiger partial charge in [-0.3, -0.25) is 0 Å². The molecule has 128 valence electrons. The van der Waals surface area contributed by atoms with E-state index < -0.39 is 0 Å². The number of halogens is 1. The van der Waals surface area contributed by atoms with Crippen molar-refractivity contribution in [3.8, 4) is 5.75 Å². The highest BCUT2D eigenvalue weighted by Crippen LogP contribution is 2.27. The quantitative estimate of drug-likeness (QED) is 0.851. The number of piperidine rings is 1. The number of rotatable bonds is 5. The van der Waals surface area contributed by atoms with E-state index in [0.717, 1.165) is 30.3 Å². The molecule has 0 spiro atoms. The minimum absolute atomic E-state index is 0.285. The van der Waals surface area contributed by atoms with E-state index in [0.29, 0.717) is 6.04 Å². The van der Waals surface area contributed by atoms with Crippen LogP contribution in [-0.2, 0) is 6.54 Å². The summed E-state index contributed by atoms with van der Waals surface area (Å²) in [6.07, 6.45) is 2.33. The first-order valence-electron chi connectivity index (χ1n) is 8.53. The third-order valence-corrected chi connectivity index (χ3v) is 4.89. The minimum Gasteiger partial charge on any atom is -0.496 e. The van der Waals surface area contributed by atoms with Gasteiger partial charge < -0.3 is 15.4 Å². The van der Waals surface area contributed by atoms with Gasteiger partial charge in [0.05, 0.1) is 7.11 Å². The van der Waals surface area contributed by atoms with Crippen LogP contribution in [0.2, 0.25) is 5.02 Å². The molecule has 1 saturated heterocycles. The molecular weight excluding hydrogens is 320 g/mol. The van der Waals surface area contributed by atoms with Crippen LogP contribution in [0.5, 0.6) is 5.75 Å². The third kappa shape index (κ3) is 4.10. The molecule has 0 saturated carbocycles. The lowest BCUT2D eigenvalue weighted by molar-refractivity contribution is 0.303. The van der Waals surface area contributed by atoms with E-state index >= 15 is 0 Å². The van der Waals surface area contributed by atoms with Crippen molar-refractivity contribution < 1.29 is 4.74 Å². The zero-order valence-electron chi connectivity index (χ0n) is 14.3. The van der Waals surface area contributed by atoms with Crippen molar-refractivity contribution in [1.82, 2.24) is 10.6 Å². The Morgan fingerprint density at radius 2 is 2.12 bits per heavy atom. The number of hydrogen-bond donors (Lipinski definition) is 2. The van der Waals surface area contributed by atoms with Gasteiger partial charge in [0.25, 0.3) is 0 Å². The Labute approximate surface area is 149 Å². The summed E-state index contributed by atoms with van der Waals surface area (Å²) in [6, 6.07) is 15.1. The van der Waals surface area contributed by atoms with Crippen molar-refractivity contribution >= 4 is 11.6 Å². The zero-order chi connectivity index (χ0) is 16.9. The second kappa shape index (κ2) is 8.02. The Kier molecular flexibility index (Phi) is 5.77. The van der Waals surface area contributed by atoms with Crippen LogP contribution in [0.15, 0.2) is 42.5 Å². The van der Waals surface area contributed by atoms with Crippen molar-refractivity contribution in [3.05, 3.63) is 64.2 Å². The molecule has 1 aliphatic rings. The number of methoxy groups -OCH3 is 1. The van der Waals surface area contributed by atoms with Crippen LogP contribution >= 0.6 is 11.6 Å². The second-order valence-corrected chi connectivity index (χ2v) is 6.87. The van der Waals surface area contributed by atoms with Crippen LogP contribution in [0.3, 0.4) is 0 Å². The second-order valence-electron chi connectivity index (χ2n) is 6.43. The molecule has 3 nitrogen and oxygen atoms in total. The Balaban J connectivity index is 1.74. The maximum atomic E-state index is 6.18. The predicted molar refractivity (Wildman–Crippen MR) is 99.8 cm³/mol. The normalized spacial score (nSPS) is 20.8. The average molecular weight is 345 g/mol. The summed E-state index contributed by atoms with van der Waals surface area (Å²) in [5.74, 6) is 0.941. The van der Waals surface area contributed by atoms with Crippen LogP contribution in [0.25, 0.3) is 0 Å². The van der Waals surface area contributed by atoms with Crippen LogP contribution < -0.4 is 15.4 Å². The molecule has 1 heterocycles. The first kappa shape index (κ1) is 17.3. The molecule has 1 fully saturated rings. The SMILES string of the molecule is COc1ccc(C)cc1CN[C@@H]1CCCN[C@@H]1c1cccc(Cl)c1. The standard InChI is InChI=1S/C20H25ClN2O/c1-14-8-9-19(24-2)16(11-14)13-23-18-7-4-10-22-20(18)15-5-3-6-17(21)12-15/h3,5-6,8-9,11-12,18,20,22-23H,4,7,10,13H2,1-2H3/t18-,20-/m1/s1. The lowest BCUT2D eigenvalue weighted by atomic mass is 9.92. The fourth-order valence-corrected chi connectivity index (χ4v) is 3.64. The maximum Gasteiger partial charge on any atom is 0.123 e. The average Bonchev–Trinajstić information content (AvgIpc) is 2.60. The molecule has 2 aromatic carbocycles. The minimum atomic E-state index is 0.285. The van der Waals surface area contributed by atoms with Gasteiger partial charge in [0.15, 0.2) is 0 Å². The van der Waals surface area contributed by atoms with E-state index in [4.69, 9.17) is 16.3 Å². The maximum absolute atomic E-state index is 6.18. The van der Waals surface area contributed by atoms with Crippen molar-refractivity contribution in [3.63, 3.8) is 0 Å². The van der Waals surface area contributed by atoms with Crippen LogP contribution in [-0.4, -0.2) is 19.7 Å². The largest absolute Gasteiger partial charge is 0.496 e. The summed E-state index contributed by atoms with van der Waals surface area (Å²) in [5, 5.41) is 8.15. The van der Waals surface area contributed by atoms with Gasteiger partial charge in [0.1, 0.15) is 5.75 Å². The van der Waals surface area contributed by atoms with E-state index in [2.05, 4.69) is 41.8 Å². The van der Waals surface area contributed by atoms with Crippen LogP contribution in [0.1, 0.15) is 35.6 Å². The summed E-state index contributed by atoms with van der Waals surface area (Å²) < 4.78 is 5.49. The number of ether oxygens (including phenoxy) is 1. The highest BCUT2D eigenvalue weighted by Gasteiger charge is 2.26. The molecule has 0 unspecified atom stereocenters. The lowest BCUT2D eigenvalue weighted by Crippen LogP contribution is -2.45. The Morgan fingerprint density at radius 3 is 2.92 bits per heavy atom. The van der Waals surface area contributed by atoms with Gasteiger partial charge in [-0.15, -0.1) is 0 Å². The molecule has 0 amide bonds. The van der Waals surface area contributed by atoms with E-state index in [1.165, 1.54) is 23.1 Å². The number of aryl methyl sites for hydroxylation is 1. The van der Waals surface area contributed by atoms with Crippen LogP contribution in [0.4, 0.5) is 0 Å². The molecule has 2 atom stereocenters. The van der Waals surface area contributed by atoms with E-state index in [1.54, 1.807) is 7.11 Å². The van der Waals surface area contributed by atoms with Gasteiger partial charge >= 0.3 is 0 Å². The van der Waals surface area contributed by atoms with Gasteiger partial charge in [-0.1, -0.05) is 41.4 Å². The molecule has 2 N–H and O–H groups in total. The monoisotopic (exact) mass is 344 g/mol. The third-order valence-electron chi connectivity index (χ3n) is 4.66. The van der Waals surface area contributed by atoms with Crippen molar-refractivity contribution in [2.45, 2.75) is 38.4 Å². The van der Waals surface area contributed by atoms with Gasteiger partial charge in [-0.2, -0.15) is 0 Å². The number of nitrogens with one attached hydrogen (secondary N) is 2.